The molecule has 6 nitrogen and oxygen atoms in total. The minimum atomic E-state index is -0.944. The van der Waals surface area contributed by atoms with E-state index in [0.29, 0.717) is 11.3 Å². The van der Waals surface area contributed by atoms with E-state index in [1.807, 2.05) is 26.0 Å². The largest absolute Gasteiger partial charge is 0.450 e. The molecule has 2 aromatic rings. The van der Waals surface area contributed by atoms with Crippen LogP contribution in [0.15, 0.2) is 53.6 Å². The van der Waals surface area contributed by atoms with Crippen LogP contribution in [0.4, 0.5) is 5.69 Å². The summed E-state index contributed by atoms with van der Waals surface area (Å²) in [4.78, 5) is 37.2. The Balaban J connectivity index is 1.73. The fourth-order valence-electron chi connectivity index (χ4n) is 2.88. The SMILES string of the molecule is Cc1ccc(C(=O)C(C)OC(=O)C2=NN(c3ccccc3)C(=O)CC2)cc1C. The first-order chi connectivity index (χ1) is 13.4. The van der Waals surface area contributed by atoms with Crippen molar-refractivity contribution in [1.82, 2.24) is 0 Å². The Morgan fingerprint density at radius 3 is 2.43 bits per heavy atom. The first-order valence-electron chi connectivity index (χ1n) is 9.14. The summed E-state index contributed by atoms with van der Waals surface area (Å²) >= 11 is 0. The van der Waals surface area contributed by atoms with Crippen molar-refractivity contribution in [2.45, 2.75) is 39.7 Å². The zero-order chi connectivity index (χ0) is 20.3. The van der Waals surface area contributed by atoms with Crippen molar-refractivity contribution < 1.29 is 19.1 Å². The van der Waals surface area contributed by atoms with Gasteiger partial charge in [-0.15, -0.1) is 0 Å². The second kappa shape index (κ2) is 8.17. The summed E-state index contributed by atoms with van der Waals surface area (Å²) in [7, 11) is 0. The molecule has 0 spiro atoms. The zero-order valence-corrected chi connectivity index (χ0v) is 16.1. The van der Waals surface area contributed by atoms with E-state index >= 15 is 0 Å². The Morgan fingerprint density at radius 2 is 1.75 bits per heavy atom. The predicted octanol–water partition coefficient (Wildman–Crippen LogP) is 3.60. The summed E-state index contributed by atoms with van der Waals surface area (Å²) in [5.74, 6) is -1.15. The molecule has 1 aliphatic heterocycles. The van der Waals surface area contributed by atoms with Gasteiger partial charge in [-0.2, -0.15) is 5.10 Å². The van der Waals surface area contributed by atoms with Crippen LogP contribution in [0.5, 0.6) is 0 Å². The molecule has 3 rings (SSSR count). The molecule has 6 heteroatoms. The van der Waals surface area contributed by atoms with Crippen molar-refractivity contribution in [1.29, 1.82) is 0 Å². The number of nitrogens with zero attached hydrogens (tertiary/aromatic N) is 2. The minimum absolute atomic E-state index is 0.128. The number of ketones is 1. The summed E-state index contributed by atoms with van der Waals surface area (Å²) in [6.07, 6.45) is -0.603. The zero-order valence-electron chi connectivity index (χ0n) is 16.1. The molecule has 0 fully saturated rings. The van der Waals surface area contributed by atoms with Crippen LogP contribution in [0.3, 0.4) is 0 Å². The highest BCUT2D eigenvalue weighted by atomic mass is 16.5. The number of benzene rings is 2. The molecule has 0 saturated heterocycles. The summed E-state index contributed by atoms with van der Waals surface area (Å²) < 4.78 is 5.34. The average molecular weight is 378 g/mol. The van der Waals surface area contributed by atoms with Crippen LogP contribution in [-0.2, 0) is 14.3 Å². The highest BCUT2D eigenvalue weighted by molar-refractivity contribution is 6.38. The van der Waals surface area contributed by atoms with Crippen LogP contribution in [0.1, 0.15) is 41.3 Å². The van der Waals surface area contributed by atoms with E-state index in [4.69, 9.17) is 4.74 Å². The lowest BCUT2D eigenvalue weighted by Gasteiger charge is -2.23. The smallest absolute Gasteiger partial charge is 0.355 e. The van der Waals surface area contributed by atoms with Crippen LogP contribution in [-0.4, -0.2) is 29.5 Å². The van der Waals surface area contributed by atoms with Gasteiger partial charge in [0.15, 0.2) is 6.10 Å². The van der Waals surface area contributed by atoms with E-state index in [1.54, 1.807) is 43.3 Å². The molecule has 0 aliphatic carbocycles. The van der Waals surface area contributed by atoms with Crippen LogP contribution in [0, 0.1) is 13.8 Å². The Morgan fingerprint density at radius 1 is 1.04 bits per heavy atom. The Labute approximate surface area is 163 Å². The summed E-state index contributed by atoms with van der Waals surface area (Å²) in [6.45, 7) is 5.43. The topological polar surface area (TPSA) is 76.0 Å². The number of para-hydroxylation sites is 1. The van der Waals surface area contributed by atoms with Gasteiger partial charge in [-0.25, -0.2) is 9.80 Å². The van der Waals surface area contributed by atoms with Gasteiger partial charge in [-0.3, -0.25) is 9.59 Å². The summed E-state index contributed by atoms with van der Waals surface area (Å²) in [5.41, 5.74) is 3.29. The molecule has 144 valence electrons. The van der Waals surface area contributed by atoms with Crippen LogP contribution in [0.25, 0.3) is 0 Å². The van der Waals surface area contributed by atoms with E-state index in [2.05, 4.69) is 5.10 Å². The van der Waals surface area contributed by atoms with Crippen molar-refractivity contribution in [2.24, 2.45) is 5.10 Å². The number of hydrogen-bond acceptors (Lipinski definition) is 5. The number of hydrazone groups is 1. The van der Waals surface area contributed by atoms with E-state index in [1.165, 1.54) is 5.01 Å². The third kappa shape index (κ3) is 4.17. The standard InChI is InChI=1S/C22H22N2O4/c1-14-9-10-17(13-15(14)2)21(26)16(3)28-22(27)19-11-12-20(25)24(23-19)18-7-5-4-6-8-18/h4-10,13,16H,11-12H2,1-3H3. The number of carbonyl (C=O) groups excluding carboxylic acids is 3. The average Bonchev–Trinajstić information content (AvgIpc) is 2.70. The summed E-state index contributed by atoms with van der Waals surface area (Å²) in [5, 5.41) is 5.36. The third-order valence-electron chi connectivity index (χ3n) is 4.71. The highest BCUT2D eigenvalue weighted by Gasteiger charge is 2.29. The van der Waals surface area contributed by atoms with Gasteiger partial charge in [0.1, 0.15) is 5.71 Å². The maximum atomic E-state index is 12.6. The molecule has 0 bridgehead atoms. The Hall–Kier alpha value is -3.28. The van der Waals surface area contributed by atoms with E-state index < -0.39 is 12.1 Å². The monoisotopic (exact) mass is 378 g/mol. The molecular formula is C22H22N2O4. The van der Waals surface area contributed by atoms with Gasteiger partial charge in [0.25, 0.3) is 0 Å². The molecule has 0 N–H and O–H groups in total. The maximum absolute atomic E-state index is 12.6. The number of anilines is 1. The van der Waals surface area contributed by atoms with Gasteiger partial charge >= 0.3 is 5.97 Å². The van der Waals surface area contributed by atoms with Crippen molar-refractivity contribution in [2.75, 3.05) is 5.01 Å². The molecule has 0 radical (unpaired) electrons. The molecule has 28 heavy (non-hydrogen) atoms. The quantitative estimate of drug-likeness (QED) is 0.588. The van der Waals surface area contributed by atoms with Crippen LogP contribution < -0.4 is 5.01 Å². The van der Waals surface area contributed by atoms with Gasteiger partial charge in [0.2, 0.25) is 11.7 Å². The lowest BCUT2D eigenvalue weighted by atomic mass is 10.0. The summed E-state index contributed by atoms with van der Waals surface area (Å²) in [6, 6.07) is 14.3. The molecule has 2 aromatic carbocycles. The molecule has 1 amide bonds. The normalized spacial score (nSPS) is 15.0. The van der Waals surface area contributed by atoms with E-state index in [-0.39, 0.29) is 30.2 Å². The molecule has 1 atom stereocenters. The number of amides is 1. The lowest BCUT2D eigenvalue weighted by molar-refractivity contribution is -0.138. The number of rotatable bonds is 5. The van der Waals surface area contributed by atoms with E-state index in [9.17, 15) is 14.4 Å². The third-order valence-corrected chi connectivity index (χ3v) is 4.71. The molecular weight excluding hydrogens is 356 g/mol. The number of ether oxygens (including phenoxy) is 1. The number of hydrogen-bond donors (Lipinski definition) is 0. The number of carbonyl (C=O) groups is 3. The maximum Gasteiger partial charge on any atom is 0.355 e. The second-order valence-electron chi connectivity index (χ2n) is 6.80. The minimum Gasteiger partial charge on any atom is -0.450 e. The first-order valence-corrected chi connectivity index (χ1v) is 9.14. The fraction of sp³-hybridized carbons (Fsp3) is 0.273. The van der Waals surface area contributed by atoms with Crippen molar-refractivity contribution in [3.8, 4) is 0 Å². The Kier molecular flexibility index (Phi) is 5.68. The fourth-order valence-corrected chi connectivity index (χ4v) is 2.88. The van der Waals surface area contributed by atoms with Crippen molar-refractivity contribution in [3.63, 3.8) is 0 Å². The van der Waals surface area contributed by atoms with Crippen LogP contribution >= 0.6 is 0 Å². The van der Waals surface area contributed by atoms with Crippen molar-refractivity contribution in [3.05, 3.63) is 65.2 Å². The molecule has 0 saturated carbocycles. The van der Waals surface area contributed by atoms with E-state index in [0.717, 1.165) is 11.1 Å². The number of aryl methyl sites for hydroxylation is 2. The molecule has 1 heterocycles. The Bertz CT molecular complexity index is 950. The highest BCUT2D eigenvalue weighted by Crippen LogP contribution is 2.20. The van der Waals surface area contributed by atoms with Crippen LogP contribution in [0.2, 0.25) is 0 Å². The first kappa shape index (κ1) is 19.5. The molecule has 1 aliphatic rings. The molecule has 0 aromatic heterocycles. The lowest BCUT2D eigenvalue weighted by Crippen LogP contribution is -2.36. The molecule has 1 unspecified atom stereocenters. The van der Waals surface area contributed by atoms with Gasteiger partial charge < -0.3 is 4.74 Å². The van der Waals surface area contributed by atoms with Gasteiger partial charge in [0, 0.05) is 18.4 Å². The second-order valence-corrected chi connectivity index (χ2v) is 6.80. The van der Waals surface area contributed by atoms with Crippen molar-refractivity contribution >= 4 is 29.1 Å². The number of Topliss-reactive ketones (excluding diaryl/α,β-unsaturated/α-hetero) is 1. The number of esters is 1. The predicted molar refractivity (Wildman–Crippen MR) is 106 cm³/mol. The van der Waals surface area contributed by atoms with Gasteiger partial charge in [-0.1, -0.05) is 30.3 Å². The van der Waals surface area contributed by atoms with Gasteiger partial charge in [-0.05, 0) is 50.1 Å². The van der Waals surface area contributed by atoms with Gasteiger partial charge in [0.05, 0.1) is 5.69 Å².